The molecule has 0 aliphatic heterocycles. The minimum atomic E-state index is -0.300. The molecule has 0 bridgehead atoms. The van der Waals surface area contributed by atoms with Gasteiger partial charge in [-0.15, -0.1) is 0 Å². The summed E-state index contributed by atoms with van der Waals surface area (Å²) in [4.78, 5) is 18.3. The van der Waals surface area contributed by atoms with Crippen molar-refractivity contribution in [3.05, 3.63) is 48.2 Å². The standard InChI is InChI=1S/C17H20N6O/c1-11(12-7-5-4-6-8-12)19-17(24)20-15-9-14-13(10-18-15)16(22-21-14)23(2)3/h4-11H,1-3H3,(H,21,22)(H2,18,19,20,24)/t11-/m1/s1. The predicted molar refractivity (Wildman–Crippen MR) is 95.2 cm³/mol. The third-order valence-electron chi connectivity index (χ3n) is 3.74. The number of carbonyl (C=O) groups is 1. The molecule has 1 aromatic carbocycles. The van der Waals surface area contributed by atoms with E-state index in [1.54, 1.807) is 12.3 Å². The molecule has 0 spiro atoms. The Labute approximate surface area is 140 Å². The number of amides is 2. The van der Waals surface area contributed by atoms with Gasteiger partial charge in [-0.1, -0.05) is 30.3 Å². The van der Waals surface area contributed by atoms with Crippen molar-refractivity contribution in [3.63, 3.8) is 0 Å². The van der Waals surface area contributed by atoms with Gasteiger partial charge in [-0.2, -0.15) is 5.10 Å². The monoisotopic (exact) mass is 324 g/mol. The fraction of sp³-hybridized carbons (Fsp3) is 0.235. The van der Waals surface area contributed by atoms with Gasteiger partial charge in [-0.05, 0) is 12.5 Å². The lowest BCUT2D eigenvalue weighted by Gasteiger charge is -2.14. The smallest absolute Gasteiger partial charge is 0.320 e. The van der Waals surface area contributed by atoms with E-state index in [0.717, 1.165) is 22.3 Å². The van der Waals surface area contributed by atoms with E-state index in [-0.39, 0.29) is 12.1 Å². The Hall–Kier alpha value is -3.09. The summed E-state index contributed by atoms with van der Waals surface area (Å²) in [6.07, 6.45) is 1.70. The van der Waals surface area contributed by atoms with Crippen molar-refractivity contribution in [2.75, 3.05) is 24.3 Å². The van der Waals surface area contributed by atoms with Crippen molar-refractivity contribution < 1.29 is 4.79 Å². The normalized spacial score (nSPS) is 12.0. The van der Waals surface area contributed by atoms with Gasteiger partial charge in [0, 0.05) is 26.4 Å². The zero-order valence-electron chi connectivity index (χ0n) is 13.9. The number of hydrogen-bond donors (Lipinski definition) is 3. The first-order chi connectivity index (χ1) is 11.5. The number of H-pyrrole nitrogens is 1. The number of hydrogen-bond acceptors (Lipinski definition) is 4. The van der Waals surface area contributed by atoms with Crippen molar-refractivity contribution in [1.29, 1.82) is 0 Å². The number of carbonyl (C=O) groups excluding carboxylic acids is 1. The van der Waals surface area contributed by atoms with Crippen LogP contribution in [0.3, 0.4) is 0 Å². The first kappa shape index (κ1) is 15.8. The van der Waals surface area contributed by atoms with E-state index in [1.165, 1.54) is 0 Å². The van der Waals surface area contributed by atoms with Crippen LogP contribution in [0.1, 0.15) is 18.5 Å². The van der Waals surface area contributed by atoms with Crippen LogP contribution in [0.2, 0.25) is 0 Å². The van der Waals surface area contributed by atoms with E-state index in [9.17, 15) is 4.79 Å². The molecule has 0 saturated heterocycles. The highest BCUT2D eigenvalue weighted by atomic mass is 16.2. The topological polar surface area (TPSA) is 85.9 Å². The van der Waals surface area contributed by atoms with Crippen LogP contribution in [0.4, 0.5) is 16.4 Å². The Morgan fingerprint density at radius 2 is 2.00 bits per heavy atom. The number of aromatic nitrogens is 3. The highest BCUT2D eigenvalue weighted by Crippen LogP contribution is 2.23. The second kappa shape index (κ2) is 6.57. The van der Waals surface area contributed by atoms with Gasteiger partial charge in [0.05, 0.1) is 16.9 Å². The Kier molecular flexibility index (Phi) is 4.33. The van der Waals surface area contributed by atoms with E-state index >= 15 is 0 Å². The fourth-order valence-electron chi connectivity index (χ4n) is 2.48. The number of nitrogens with one attached hydrogen (secondary N) is 3. The van der Waals surface area contributed by atoms with Crippen molar-refractivity contribution in [2.45, 2.75) is 13.0 Å². The molecule has 0 aliphatic rings. The molecule has 0 radical (unpaired) electrons. The van der Waals surface area contributed by atoms with Crippen LogP contribution >= 0.6 is 0 Å². The van der Waals surface area contributed by atoms with Crippen LogP contribution in [0.5, 0.6) is 0 Å². The maximum atomic E-state index is 12.1. The van der Waals surface area contributed by atoms with Gasteiger partial charge >= 0.3 is 6.03 Å². The van der Waals surface area contributed by atoms with Crippen LogP contribution in [-0.4, -0.2) is 35.3 Å². The van der Waals surface area contributed by atoms with E-state index < -0.39 is 0 Å². The Balaban J connectivity index is 1.69. The third-order valence-corrected chi connectivity index (χ3v) is 3.74. The maximum Gasteiger partial charge on any atom is 0.320 e. The first-order valence-electron chi connectivity index (χ1n) is 7.68. The zero-order chi connectivity index (χ0) is 17.1. The molecular weight excluding hydrogens is 304 g/mol. The Morgan fingerprint density at radius 3 is 2.71 bits per heavy atom. The molecule has 0 aliphatic carbocycles. The SMILES string of the molecule is C[C@@H](NC(=O)Nc1cc2[nH]nc(N(C)C)c2cn1)c1ccccc1. The second-order valence-corrected chi connectivity index (χ2v) is 5.79. The number of fused-ring (bicyclic) bond motifs is 1. The molecule has 2 amide bonds. The van der Waals surface area contributed by atoms with Crippen LogP contribution < -0.4 is 15.5 Å². The van der Waals surface area contributed by atoms with Gasteiger partial charge in [-0.3, -0.25) is 10.4 Å². The lowest BCUT2D eigenvalue weighted by molar-refractivity contribution is 0.249. The number of benzene rings is 1. The number of nitrogens with zero attached hydrogens (tertiary/aromatic N) is 3. The summed E-state index contributed by atoms with van der Waals surface area (Å²) in [6.45, 7) is 1.93. The molecule has 0 saturated carbocycles. The minimum absolute atomic E-state index is 0.0950. The van der Waals surface area contributed by atoms with Crippen molar-refractivity contribution in [1.82, 2.24) is 20.5 Å². The van der Waals surface area contributed by atoms with Gasteiger partial charge < -0.3 is 10.2 Å². The Bertz CT molecular complexity index is 843. The zero-order valence-corrected chi connectivity index (χ0v) is 13.9. The fourth-order valence-corrected chi connectivity index (χ4v) is 2.48. The lowest BCUT2D eigenvalue weighted by Crippen LogP contribution is -2.31. The molecule has 3 N–H and O–H groups in total. The van der Waals surface area contributed by atoms with Crippen LogP contribution in [-0.2, 0) is 0 Å². The Morgan fingerprint density at radius 1 is 1.25 bits per heavy atom. The number of anilines is 2. The highest BCUT2D eigenvalue weighted by molar-refractivity contribution is 5.94. The van der Waals surface area contributed by atoms with Crippen molar-refractivity contribution >= 4 is 28.6 Å². The molecule has 3 aromatic rings. The summed E-state index contributed by atoms with van der Waals surface area (Å²) >= 11 is 0. The van der Waals surface area contributed by atoms with E-state index in [4.69, 9.17) is 0 Å². The second-order valence-electron chi connectivity index (χ2n) is 5.79. The van der Waals surface area contributed by atoms with Gasteiger partial charge in [0.25, 0.3) is 0 Å². The van der Waals surface area contributed by atoms with Crippen LogP contribution in [0, 0.1) is 0 Å². The average Bonchev–Trinajstić information content (AvgIpc) is 2.99. The number of pyridine rings is 1. The van der Waals surface area contributed by atoms with Gasteiger partial charge in [-0.25, -0.2) is 9.78 Å². The summed E-state index contributed by atoms with van der Waals surface area (Å²) in [5.41, 5.74) is 1.86. The third kappa shape index (κ3) is 3.29. The van der Waals surface area contributed by atoms with Crippen molar-refractivity contribution in [2.24, 2.45) is 0 Å². The maximum absolute atomic E-state index is 12.1. The molecule has 0 fully saturated rings. The lowest BCUT2D eigenvalue weighted by atomic mass is 10.1. The summed E-state index contributed by atoms with van der Waals surface area (Å²) in [7, 11) is 3.83. The molecule has 1 atom stereocenters. The molecule has 24 heavy (non-hydrogen) atoms. The molecular formula is C17H20N6O. The summed E-state index contributed by atoms with van der Waals surface area (Å²) in [5.74, 6) is 1.28. The van der Waals surface area contributed by atoms with Gasteiger partial charge in [0.15, 0.2) is 5.82 Å². The van der Waals surface area contributed by atoms with E-state index in [1.807, 2.05) is 56.3 Å². The highest BCUT2D eigenvalue weighted by Gasteiger charge is 2.12. The number of aromatic amines is 1. The van der Waals surface area contributed by atoms with Gasteiger partial charge in [0.2, 0.25) is 0 Å². The molecule has 7 nitrogen and oxygen atoms in total. The summed E-state index contributed by atoms with van der Waals surface area (Å²) in [6, 6.07) is 11.2. The number of urea groups is 1. The molecule has 124 valence electrons. The average molecular weight is 324 g/mol. The van der Waals surface area contributed by atoms with Crippen LogP contribution in [0.25, 0.3) is 10.9 Å². The van der Waals surface area contributed by atoms with Gasteiger partial charge in [0.1, 0.15) is 5.82 Å². The molecule has 2 heterocycles. The first-order valence-corrected chi connectivity index (χ1v) is 7.68. The largest absolute Gasteiger partial charge is 0.361 e. The summed E-state index contributed by atoms with van der Waals surface area (Å²) < 4.78 is 0. The quantitative estimate of drug-likeness (QED) is 0.689. The number of rotatable bonds is 4. The predicted octanol–water partition coefficient (Wildman–Crippen LogP) is 2.91. The van der Waals surface area contributed by atoms with Crippen molar-refractivity contribution in [3.8, 4) is 0 Å². The summed E-state index contributed by atoms with van der Waals surface area (Å²) in [5, 5.41) is 13.7. The minimum Gasteiger partial charge on any atom is -0.361 e. The molecule has 7 heteroatoms. The van der Waals surface area contributed by atoms with Crippen LogP contribution in [0.15, 0.2) is 42.6 Å². The molecule has 2 aromatic heterocycles. The molecule has 0 unspecified atom stereocenters. The van der Waals surface area contributed by atoms with E-state index in [0.29, 0.717) is 5.82 Å². The molecule has 3 rings (SSSR count). The van der Waals surface area contributed by atoms with E-state index in [2.05, 4.69) is 25.8 Å².